The number of carbonyl (C=O) groups is 2. The van der Waals surface area contributed by atoms with Crippen molar-refractivity contribution in [3.8, 4) is 0 Å². The van der Waals surface area contributed by atoms with Crippen molar-refractivity contribution in [2.45, 2.75) is 38.6 Å². The molecular formula is C21H21ClN8O2S. The first-order valence-corrected chi connectivity index (χ1v) is 11.7. The van der Waals surface area contributed by atoms with Crippen LogP contribution in [-0.2, 0) is 9.59 Å². The summed E-state index contributed by atoms with van der Waals surface area (Å²) < 4.78 is 2.88. The van der Waals surface area contributed by atoms with Crippen molar-refractivity contribution >= 4 is 72.8 Å². The van der Waals surface area contributed by atoms with Crippen molar-refractivity contribution in [2.75, 3.05) is 16.4 Å². The molecule has 0 aliphatic heterocycles. The predicted octanol–water partition coefficient (Wildman–Crippen LogP) is 4.00. The van der Waals surface area contributed by atoms with E-state index < -0.39 is 0 Å². The van der Waals surface area contributed by atoms with Crippen molar-refractivity contribution in [1.82, 2.24) is 24.5 Å². The molecule has 0 bridgehead atoms. The highest BCUT2D eigenvalue weighted by Gasteiger charge is 2.29. The highest BCUT2D eigenvalue weighted by Crippen LogP contribution is 2.36. The van der Waals surface area contributed by atoms with Crippen LogP contribution in [0.15, 0.2) is 24.5 Å². The van der Waals surface area contributed by atoms with Gasteiger partial charge in [-0.25, -0.2) is 9.97 Å². The van der Waals surface area contributed by atoms with Crippen molar-refractivity contribution in [2.24, 2.45) is 5.92 Å². The Bertz CT molecular complexity index is 1380. The highest BCUT2D eigenvalue weighted by atomic mass is 35.5. The lowest BCUT2D eigenvalue weighted by molar-refractivity contribution is -0.121. The van der Waals surface area contributed by atoms with Gasteiger partial charge in [-0.2, -0.15) is 9.97 Å². The van der Waals surface area contributed by atoms with Gasteiger partial charge in [-0.05, 0) is 55.5 Å². The average Bonchev–Trinajstić information content (AvgIpc) is 3.36. The summed E-state index contributed by atoms with van der Waals surface area (Å²) in [5, 5.41) is 6.37. The van der Waals surface area contributed by atoms with Crippen LogP contribution in [0.1, 0.15) is 38.6 Å². The number of hydrogen-bond donors (Lipinski definition) is 3. The Morgan fingerprint density at radius 1 is 1.15 bits per heavy atom. The Morgan fingerprint density at radius 2 is 1.94 bits per heavy atom. The molecule has 1 saturated carbocycles. The zero-order valence-corrected chi connectivity index (χ0v) is 19.3. The molecule has 1 fully saturated rings. The molecule has 12 heteroatoms. The first-order valence-electron chi connectivity index (χ1n) is 10.5. The van der Waals surface area contributed by atoms with Gasteiger partial charge in [0.2, 0.25) is 17.1 Å². The van der Waals surface area contributed by atoms with Crippen LogP contribution >= 0.6 is 22.9 Å². The summed E-state index contributed by atoms with van der Waals surface area (Å²) in [4.78, 5) is 41.2. The fourth-order valence-electron chi connectivity index (χ4n) is 4.26. The minimum Gasteiger partial charge on any atom is -0.382 e. The second kappa shape index (κ2) is 8.56. The Hall–Kier alpha value is -3.31. The maximum absolute atomic E-state index is 12.9. The molecule has 0 saturated heterocycles. The second-order valence-corrected chi connectivity index (χ2v) is 9.45. The summed E-state index contributed by atoms with van der Waals surface area (Å²) in [5.41, 5.74) is 8.54. The molecule has 1 aliphatic carbocycles. The van der Waals surface area contributed by atoms with Crippen LogP contribution in [0.5, 0.6) is 0 Å². The summed E-state index contributed by atoms with van der Waals surface area (Å²) >= 11 is 7.36. The number of imidazole rings is 1. The number of carbonyl (C=O) groups excluding carboxylic acids is 2. The maximum atomic E-state index is 12.9. The number of amides is 2. The highest BCUT2D eigenvalue weighted by molar-refractivity contribution is 7.22. The molecule has 10 nitrogen and oxygen atoms in total. The third-order valence-electron chi connectivity index (χ3n) is 5.82. The summed E-state index contributed by atoms with van der Waals surface area (Å²) in [6.07, 6.45) is 4.81. The number of hydrogen-bond acceptors (Lipinski definition) is 8. The number of benzene rings is 1. The van der Waals surface area contributed by atoms with Gasteiger partial charge in [-0.1, -0.05) is 11.3 Å². The molecule has 1 aromatic carbocycles. The molecule has 3 aromatic heterocycles. The van der Waals surface area contributed by atoms with Crippen LogP contribution in [0.25, 0.3) is 21.4 Å². The van der Waals surface area contributed by atoms with Gasteiger partial charge in [0.05, 0.1) is 16.5 Å². The first kappa shape index (κ1) is 21.5. The van der Waals surface area contributed by atoms with Crippen molar-refractivity contribution in [3.63, 3.8) is 0 Å². The first-order chi connectivity index (χ1) is 15.9. The van der Waals surface area contributed by atoms with Crippen LogP contribution < -0.4 is 16.4 Å². The Balaban J connectivity index is 1.24. The SMILES string of the molecule is CC(=O)Nc1ccc2nc(NC(=O)C3CCC(n4cnc5c(N)nc(Cl)nc54)CC3)sc2c1. The molecular weight excluding hydrogens is 464 g/mol. The number of nitrogens with one attached hydrogen (secondary N) is 2. The summed E-state index contributed by atoms with van der Waals surface area (Å²) in [5.74, 6) is 0.00325. The molecule has 1 aliphatic rings. The van der Waals surface area contributed by atoms with E-state index in [-0.39, 0.29) is 34.9 Å². The predicted molar refractivity (Wildman–Crippen MR) is 128 cm³/mol. The standard InChI is InChI=1S/C21H21ClN8O2S/c1-10(31)25-12-4-7-14-15(8-12)33-21(26-14)29-19(32)11-2-5-13(6-3-11)30-9-24-16-17(23)27-20(22)28-18(16)30/h4,7-9,11,13H,2-3,5-6H2,1H3,(H,25,31)(H2,23,27,28)(H,26,29,32). The molecule has 2 amide bonds. The van der Waals surface area contributed by atoms with Gasteiger partial charge in [0.1, 0.15) is 5.52 Å². The van der Waals surface area contributed by atoms with E-state index in [1.54, 1.807) is 12.4 Å². The third kappa shape index (κ3) is 4.33. The van der Waals surface area contributed by atoms with Crippen LogP contribution in [0, 0.1) is 5.92 Å². The monoisotopic (exact) mass is 484 g/mol. The molecule has 0 unspecified atom stereocenters. The number of nitrogen functional groups attached to an aromatic ring is 1. The quantitative estimate of drug-likeness (QED) is 0.372. The molecule has 4 N–H and O–H groups in total. The summed E-state index contributed by atoms with van der Waals surface area (Å²) in [6.45, 7) is 1.46. The number of fused-ring (bicyclic) bond motifs is 2. The summed E-state index contributed by atoms with van der Waals surface area (Å²) in [6, 6.07) is 5.64. The van der Waals surface area contributed by atoms with Gasteiger partial charge in [-0.15, -0.1) is 0 Å². The van der Waals surface area contributed by atoms with E-state index in [9.17, 15) is 9.59 Å². The smallest absolute Gasteiger partial charge is 0.229 e. The maximum Gasteiger partial charge on any atom is 0.229 e. The summed E-state index contributed by atoms with van der Waals surface area (Å²) in [7, 11) is 0. The van der Waals surface area contributed by atoms with Crippen molar-refractivity contribution < 1.29 is 9.59 Å². The minimum absolute atomic E-state index is 0.0281. The van der Waals surface area contributed by atoms with Gasteiger partial charge < -0.3 is 20.9 Å². The van der Waals surface area contributed by atoms with Crippen LogP contribution in [0.2, 0.25) is 5.28 Å². The van der Waals surface area contributed by atoms with E-state index in [0.717, 1.165) is 35.9 Å². The lowest BCUT2D eigenvalue weighted by Gasteiger charge is -2.28. The van der Waals surface area contributed by atoms with Gasteiger partial charge in [0.25, 0.3) is 0 Å². The number of nitrogens with zero attached hydrogens (tertiary/aromatic N) is 5. The molecule has 33 heavy (non-hydrogen) atoms. The van der Waals surface area contributed by atoms with Crippen LogP contribution in [0.4, 0.5) is 16.6 Å². The third-order valence-corrected chi connectivity index (χ3v) is 6.92. The van der Waals surface area contributed by atoms with E-state index in [1.807, 2.05) is 16.7 Å². The fourth-order valence-corrected chi connectivity index (χ4v) is 5.34. The number of aromatic nitrogens is 5. The minimum atomic E-state index is -0.134. The van der Waals surface area contributed by atoms with E-state index in [4.69, 9.17) is 17.3 Å². The van der Waals surface area contributed by atoms with E-state index in [2.05, 4.69) is 30.6 Å². The van der Waals surface area contributed by atoms with Gasteiger partial charge in [0, 0.05) is 24.6 Å². The largest absolute Gasteiger partial charge is 0.382 e. The number of thiazole rings is 1. The second-order valence-electron chi connectivity index (χ2n) is 8.08. The van der Waals surface area contributed by atoms with Gasteiger partial charge in [-0.3, -0.25) is 9.59 Å². The number of halogens is 1. The molecule has 0 atom stereocenters. The lowest BCUT2D eigenvalue weighted by atomic mass is 9.85. The average molecular weight is 485 g/mol. The number of anilines is 3. The van der Waals surface area contributed by atoms with Gasteiger partial charge >= 0.3 is 0 Å². The molecule has 0 radical (unpaired) electrons. The molecule has 5 rings (SSSR count). The van der Waals surface area contributed by atoms with E-state index in [0.29, 0.717) is 22.0 Å². The lowest BCUT2D eigenvalue weighted by Crippen LogP contribution is -2.28. The number of nitrogens with two attached hydrogens (primary N) is 1. The van der Waals surface area contributed by atoms with Crippen LogP contribution in [0.3, 0.4) is 0 Å². The Kier molecular flexibility index (Phi) is 5.59. The molecule has 170 valence electrons. The topological polar surface area (TPSA) is 141 Å². The fraction of sp³-hybridized carbons (Fsp3) is 0.333. The van der Waals surface area contributed by atoms with E-state index >= 15 is 0 Å². The zero-order valence-electron chi connectivity index (χ0n) is 17.7. The normalized spacial score (nSPS) is 18.5. The zero-order chi connectivity index (χ0) is 23.1. The van der Waals surface area contributed by atoms with Crippen molar-refractivity contribution in [1.29, 1.82) is 0 Å². The molecule has 4 aromatic rings. The Morgan fingerprint density at radius 3 is 2.70 bits per heavy atom. The Labute approximate surface area is 197 Å². The number of rotatable bonds is 4. The van der Waals surface area contributed by atoms with E-state index in [1.165, 1.54) is 18.3 Å². The van der Waals surface area contributed by atoms with Crippen molar-refractivity contribution in [3.05, 3.63) is 29.8 Å². The molecule has 0 spiro atoms. The van der Waals surface area contributed by atoms with Crippen LogP contribution in [-0.4, -0.2) is 36.3 Å². The molecule has 3 heterocycles. The van der Waals surface area contributed by atoms with Gasteiger partial charge in [0.15, 0.2) is 16.6 Å².